The summed E-state index contributed by atoms with van der Waals surface area (Å²) in [6.45, 7) is 9.58. The van der Waals surface area contributed by atoms with E-state index >= 15 is 0 Å². The fourth-order valence-corrected chi connectivity index (χ4v) is 7.39. The lowest BCUT2D eigenvalue weighted by atomic mass is 9.85. The number of hydrogen-bond acceptors (Lipinski definition) is 9. The number of ether oxygens (including phenoxy) is 2. The highest BCUT2D eigenvalue weighted by molar-refractivity contribution is 6.28. The molecule has 13 nitrogen and oxygen atoms in total. The zero-order valence-electron chi connectivity index (χ0n) is 31.8. The van der Waals surface area contributed by atoms with Crippen LogP contribution in [0.1, 0.15) is 73.3 Å². The Kier molecular flexibility index (Phi) is 10.6. The number of nitrogens with zero attached hydrogens (tertiary/aromatic N) is 3. The second-order valence-corrected chi connectivity index (χ2v) is 13.6. The third-order valence-corrected chi connectivity index (χ3v) is 9.95. The van der Waals surface area contributed by atoms with Crippen molar-refractivity contribution in [3.05, 3.63) is 146 Å². The van der Waals surface area contributed by atoms with Gasteiger partial charge in [0.25, 0.3) is 16.7 Å². The molecular weight excluding hydrogens is 704 g/mol. The van der Waals surface area contributed by atoms with E-state index in [1.54, 1.807) is 49.3 Å². The van der Waals surface area contributed by atoms with Gasteiger partial charge in [-0.1, -0.05) is 19.1 Å². The van der Waals surface area contributed by atoms with Gasteiger partial charge in [0.05, 0.1) is 49.5 Å². The Morgan fingerprint density at radius 1 is 0.636 bits per heavy atom. The summed E-state index contributed by atoms with van der Waals surface area (Å²) in [5.74, 6) is 0.316. The predicted octanol–water partition coefficient (Wildman–Crippen LogP) is 4.33. The van der Waals surface area contributed by atoms with Gasteiger partial charge >= 0.3 is 0 Å². The Balaban J connectivity index is 0.000000197. The van der Waals surface area contributed by atoms with Gasteiger partial charge in [0, 0.05) is 48.1 Å². The van der Waals surface area contributed by atoms with Crippen LogP contribution in [0.2, 0.25) is 0 Å². The van der Waals surface area contributed by atoms with E-state index in [-0.39, 0.29) is 46.8 Å². The Morgan fingerprint density at radius 2 is 1.20 bits per heavy atom. The van der Waals surface area contributed by atoms with Crippen LogP contribution < -0.4 is 31.7 Å². The first kappa shape index (κ1) is 38.4. The predicted molar refractivity (Wildman–Crippen MR) is 210 cm³/mol. The highest BCUT2D eigenvalue weighted by Gasteiger charge is 2.36. The van der Waals surface area contributed by atoms with Crippen molar-refractivity contribution in [2.45, 2.75) is 60.7 Å². The molecule has 1 aliphatic rings. The molecule has 0 radical (unpaired) electrons. The lowest BCUT2D eigenvalue weighted by Crippen LogP contribution is -2.36. The van der Waals surface area contributed by atoms with Gasteiger partial charge in [-0.05, 0) is 80.1 Å². The molecule has 7 rings (SSSR count). The maximum absolute atomic E-state index is 13.1. The number of aromatic nitrogens is 4. The minimum atomic E-state index is -0.593. The number of pyridine rings is 4. The average molecular weight is 747 g/mol. The number of H-pyrrole nitrogens is 1. The van der Waals surface area contributed by atoms with Gasteiger partial charge in [-0.3, -0.25) is 28.8 Å². The van der Waals surface area contributed by atoms with Crippen molar-refractivity contribution in [1.29, 1.82) is 0 Å². The van der Waals surface area contributed by atoms with Gasteiger partial charge in [0.15, 0.2) is 11.5 Å². The Bertz CT molecular complexity index is 2790. The van der Waals surface area contributed by atoms with Crippen LogP contribution in [-0.4, -0.2) is 56.2 Å². The third-order valence-electron chi connectivity index (χ3n) is 9.95. The summed E-state index contributed by atoms with van der Waals surface area (Å²) in [7, 11) is 3.22. The van der Waals surface area contributed by atoms with Crippen LogP contribution in [0.25, 0.3) is 21.8 Å². The van der Waals surface area contributed by atoms with Gasteiger partial charge in [-0.15, -0.1) is 0 Å². The number of hydrogen-bond donors (Lipinski definition) is 2. The van der Waals surface area contributed by atoms with E-state index < -0.39 is 22.7 Å². The molecule has 284 valence electrons. The molecule has 0 saturated heterocycles. The summed E-state index contributed by atoms with van der Waals surface area (Å²) in [6.07, 6.45) is 0.811. The number of aliphatic hydroxyl groups excluding tert-OH is 1. The van der Waals surface area contributed by atoms with Crippen molar-refractivity contribution in [2.24, 2.45) is 0 Å². The van der Waals surface area contributed by atoms with Gasteiger partial charge in [0.2, 0.25) is 11.3 Å². The molecule has 0 unspecified atom stereocenters. The average Bonchev–Trinajstić information content (AvgIpc) is 3.14. The SMILES string of the molecule is CCCn1c(=O)cc(C)c2cc3c(C)cc(=O)n(Cc4ccc(OC)cc4)c3c(OC)c21.Cc1cc(=O)[nH]c2c1C(=O)c1c(C)cc(=O)n(CCO)c1C2=O. The van der Waals surface area contributed by atoms with E-state index in [9.17, 15) is 28.8 Å². The number of carbonyl (C=O) groups excluding carboxylic acids is 2. The number of benzene rings is 2. The van der Waals surface area contributed by atoms with Crippen LogP contribution in [0.5, 0.6) is 11.5 Å². The number of rotatable bonds is 8. The second-order valence-electron chi connectivity index (χ2n) is 13.6. The highest BCUT2D eigenvalue weighted by Crippen LogP contribution is 2.37. The smallest absolute Gasteiger partial charge is 0.251 e. The van der Waals surface area contributed by atoms with Gasteiger partial charge in [-0.25, -0.2) is 0 Å². The molecule has 0 fully saturated rings. The summed E-state index contributed by atoms with van der Waals surface area (Å²) >= 11 is 0. The Morgan fingerprint density at radius 3 is 1.78 bits per heavy atom. The molecule has 0 spiro atoms. The number of methoxy groups -OCH3 is 2. The highest BCUT2D eigenvalue weighted by atomic mass is 16.5. The first-order valence-electron chi connectivity index (χ1n) is 17.8. The number of aliphatic hydroxyl groups is 1. The zero-order chi connectivity index (χ0) is 39.9. The molecule has 55 heavy (non-hydrogen) atoms. The zero-order valence-corrected chi connectivity index (χ0v) is 31.8. The molecule has 2 aromatic carbocycles. The molecule has 0 atom stereocenters. The van der Waals surface area contributed by atoms with Crippen LogP contribution in [-0.2, 0) is 19.6 Å². The maximum atomic E-state index is 13.1. The molecule has 0 saturated carbocycles. The van der Waals surface area contributed by atoms with Crippen LogP contribution in [0.3, 0.4) is 0 Å². The quantitative estimate of drug-likeness (QED) is 0.215. The van der Waals surface area contributed by atoms with Crippen LogP contribution in [0, 0.1) is 27.7 Å². The molecule has 4 aromatic heterocycles. The van der Waals surface area contributed by atoms with Crippen LogP contribution in [0.15, 0.2) is 73.8 Å². The summed E-state index contributed by atoms with van der Waals surface area (Å²) in [5.41, 5.74) is 3.95. The molecule has 13 heteroatoms. The fourth-order valence-electron chi connectivity index (χ4n) is 7.39. The molecule has 2 N–H and O–H groups in total. The lowest BCUT2D eigenvalue weighted by Gasteiger charge is -2.23. The fraction of sp³-hybridized carbons (Fsp3) is 0.286. The van der Waals surface area contributed by atoms with Gasteiger partial charge < -0.3 is 33.3 Å². The molecule has 0 aliphatic heterocycles. The Hall–Kier alpha value is -6.34. The van der Waals surface area contributed by atoms with Crippen molar-refractivity contribution >= 4 is 33.4 Å². The van der Waals surface area contributed by atoms with Crippen molar-refractivity contribution in [3.63, 3.8) is 0 Å². The molecule has 1 aliphatic carbocycles. The molecule has 6 aromatic rings. The summed E-state index contributed by atoms with van der Waals surface area (Å²) in [6, 6.07) is 15.6. The monoisotopic (exact) mass is 746 g/mol. The van der Waals surface area contributed by atoms with E-state index in [0.717, 1.165) is 49.7 Å². The standard InChI is InChI=1S/C26H28N2O4.C16H14N2O5/c1-6-11-27-22(29)12-16(2)20-14-21-17(3)13-23(30)28(25(21)26(32-5)24(20)27)15-18-7-9-19(31-4)10-8-18;1-7-5-9(20)17-13-11(7)15(22)12-8(2)6-10(21)18(3-4-19)14(12)16(13)23/h7-10,12-14H,6,11,15H2,1-5H3;5-6,19H,3-4H2,1-2H3,(H,17,20). The van der Waals surface area contributed by atoms with E-state index in [0.29, 0.717) is 35.5 Å². The number of ketones is 2. The van der Waals surface area contributed by atoms with E-state index in [4.69, 9.17) is 14.6 Å². The summed E-state index contributed by atoms with van der Waals surface area (Å²) in [5, 5.41) is 11.0. The normalized spacial score (nSPS) is 12.0. The van der Waals surface area contributed by atoms with Crippen molar-refractivity contribution in [1.82, 2.24) is 18.7 Å². The van der Waals surface area contributed by atoms with E-state index in [1.165, 1.54) is 12.1 Å². The number of aryl methyl sites for hydroxylation is 5. The molecule has 4 heterocycles. The largest absolute Gasteiger partial charge is 0.497 e. The molecule has 0 bridgehead atoms. The van der Waals surface area contributed by atoms with E-state index in [2.05, 4.69) is 11.1 Å². The van der Waals surface area contributed by atoms with Crippen LogP contribution in [0.4, 0.5) is 0 Å². The van der Waals surface area contributed by atoms with E-state index in [1.807, 2.05) is 45.0 Å². The second kappa shape index (κ2) is 15.2. The van der Waals surface area contributed by atoms with Gasteiger partial charge in [0.1, 0.15) is 17.1 Å². The van der Waals surface area contributed by atoms with Crippen molar-refractivity contribution in [2.75, 3.05) is 20.8 Å². The number of fused-ring (bicyclic) bond motifs is 4. The van der Waals surface area contributed by atoms with Crippen LogP contribution >= 0.6 is 0 Å². The first-order chi connectivity index (χ1) is 26.3. The Labute approximate surface area is 315 Å². The number of aromatic amines is 1. The minimum absolute atomic E-state index is 0.0637. The first-order valence-corrected chi connectivity index (χ1v) is 17.8. The summed E-state index contributed by atoms with van der Waals surface area (Å²) in [4.78, 5) is 77.8. The van der Waals surface area contributed by atoms with Crippen molar-refractivity contribution < 1.29 is 24.2 Å². The third kappa shape index (κ3) is 6.71. The molecule has 0 amide bonds. The lowest BCUT2D eigenvalue weighted by molar-refractivity contribution is 0.0964. The maximum Gasteiger partial charge on any atom is 0.251 e. The topological polar surface area (TPSA) is 172 Å². The number of nitrogens with one attached hydrogen (secondary N) is 1. The number of carbonyl (C=O) groups is 2. The van der Waals surface area contributed by atoms with Gasteiger partial charge in [-0.2, -0.15) is 0 Å². The minimum Gasteiger partial charge on any atom is -0.497 e. The summed E-state index contributed by atoms with van der Waals surface area (Å²) < 4.78 is 15.7. The van der Waals surface area contributed by atoms with Crippen molar-refractivity contribution in [3.8, 4) is 11.5 Å². The molecular formula is C42H42N4O9.